The monoisotopic (exact) mass is 503 g/mol. The molecule has 14 heteroatoms. The molecule has 1 aromatic carbocycles. The zero-order valence-corrected chi connectivity index (χ0v) is 18.3. The van der Waals surface area contributed by atoms with Gasteiger partial charge in [-0.05, 0) is 43.9 Å². The summed E-state index contributed by atoms with van der Waals surface area (Å²) in [5, 5.41) is 15.0. The van der Waals surface area contributed by atoms with Gasteiger partial charge in [-0.2, -0.15) is 31.8 Å². The highest BCUT2D eigenvalue weighted by molar-refractivity contribution is 7.88. The number of rotatable bonds is 6. The maximum Gasteiger partial charge on any atom is 0.534 e. The summed E-state index contributed by atoms with van der Waals surface area (Å²) in [5.41, 5.74) is -5.29. The predicted octanol–water partition coefficient (Wildman–Crippen LogP) is 3.64. The van der Waals surface area contributed by atoms with Crippen LogP contribution in [-0.4, -0.2) is 42.1 Å². The van der Waals surface area contributed by atoms with Crippen molar-refractivity contribution in [2.75, 3.05) is 5.32 Å². The van der Waals surface area contributed by atoms with Crippen LogP contribution in [0.25, 0.3) is 0 Å². The van der Waals surface area contributed by atoms with E-state index in [-0.39, 0.29) is 28.4 Å². The molecule has 33 heavy (non-hydrogen) atoms. The summed E-state index contributed by atoms with van der Waals surface area (Å²) in [6.07, 6.45) is 3.65. The van der Waals surface area contributed by atoms with Gasteiger partial charge in [0.05, 0.1) is 22.3 Å². The van der Waals surface area contributed by atoms with Gasteiger partial charge in [0.2, 0.25) is 5.75 Å². The summed E-state index contributed by atoms with van der Waals surface area (Å²) < 4.78 is 72.9. The number of nitrogens with zero attached hydrogens (tertiary/aromatic N) is 3. The van der Waals surface area contributed by atoms with E-state index in [0.717, 1.165) is 19.2 Å². The second-order valence-corrected chi connectivity index (χ2v) is 9.57. The van der Waals surface area contributed by atoms with Gasteiger partial charge < -0.3 is 19.6 Å². The van der Waals surface area contributed by atoms with Crippen LogP contribution in [0.3, 0.4) is 0 Å². The van der Waals surface area contributed by atoms with Crippen LogP contribution in [0, 0.1) is 11.3 Å². The van der Waals surface area contributed by atoms with Crippen molar-refractivity contribution in [2.24, 2.45) is 0 Å². The number of anilines is 2. The van der Waals surface area contributed by atoms with Crippen molar-refractivity contribution in [3.05, 3.63) is 35.1 Å². The smallest absolute Gasteiger partial charge is 0.471 e. The van der Waals surface area contributed by atoms with Crippen molar-refractivity contribution in [2.45, 2.75) is 49.4 Å². The standard InChI is InChI=1S/C19H17ClF3N5O4S/c20-14-5-10(8-24)1-4-15(14)28-17-16(32-33(29,30)19(21,22)23)18(26-9-25-17)31-13-6-11-2-3-12(7-13)27-11/h1,4-5,9,11-13,27H,2-3,6-7H2,(H,25,26,28)/t11-,12?,13+/m0/s1. The van der Waals surface area contributed by atoms with Crippen molar-refractivity contribution < 1.29 is 30.5 Å². The van der Waals surface area contributed by atoms with E-state index in [9.17, 15) is 21.6 Å². The number of hydrogen-bond acceptors (Lipinski definition) is 9. The van der Waals surface area contributed by atoms with Crippen LogP contribution in [0.15, 0.2) is 24.5 Å². The van der Waals surface area contributed by atoms with Crippen LogP contribution in [-0.2, 0) is 10.1 Å². The van der Waals surface area contributed by atoms with E-state index < -0.39 is 39.2 Å². The SMILES string of the molecule is N#Cc1ccc(Nc2ncnc(O[C@H]3CC4CC[C@@H](C3)N4)c2OS(=O)(=O)C(F)(F)F)c(Cl)c1. The number of fused-ring (bicyclic) bond motifs is 2. The molecule has 2 aliphatic heterocycles. The van der Waals surface area contributed by atoms with Gasteiger partial charge in [0, 0.05) is 12.1 Å². The number of nitrogens with one attached hydrogen (secondary N) is 2. The lowest BCUT2D eigenvalue weighted by Gasteiger charge is -2.29. The first kappa shape index (κ1) is 23.3. The van der Waals surface area contributed by atoms with Crippen LogP contribution < -0.4 is 19.6 Å². The first-order valence-corrected chi connectivity index (χ1v) is 11.6. The molecular formula is C19H17ClF3N5O4S. The fourth-order valence-electron chi connectivity index (χ4n) is 3.84. The third kappa shape index (κ3) is 5.07. The van der Waals surface area contributed by atoms with Crippen molar-refractivity contribution in [1.29, 1.82) is 5.26 Å². The molecule has 9 nitrogen and oxygen atoms in total. The Labute approximate surface area is 192 Å². The summed E-state index contributed by atoms with van der Waals surface area (Å²) in [4.78, 5) is 7.66. The topological polar surface area (TPSA) is 126 Å². The Morgan fingerprint density at radius 3 is 2.52 bits per heavy atom. The maximum atomic E-state index is 13.1. The Hall–Kier alpha value is -2.82. The average Bonchev–Trinajstić information content (AvgIpc) is 3.08. The van der Waals surface area contributed by atoms with Gasteiger partial charge in [0.1, 0.15) is 12.4 Å². The molecule has 0 radical (unpaired) electrons. The summed E-state index contributed by atoms with van der Waals surface area (Å²) in [7, 11) is -6.05. The lowest BCUT2D eigenvalue weighted by Crippen LogP contribution is -2.42. The fourth-order valence-corrected chi connectivity index (χ4v) is 4.53. The first-order valence-electron chi connectivity index (χ1n) is 9.81. The second kappa shape index (κ2) is 8.85. The van der Waals surface area contributed by atoms with Crippen LogP contribution in [0.2, 0.25) is 5.02 Å². The van der Waals surface area contributed by atoms with Gasteiger partial charge >= 0.3 is 15.6 Å². The molecular weight excluding hydrogens is 487 g/mol. The summed E-state index contributed by atoms with van der Waals surface area (Å²) in [6, 6.07) is 6.41. The minimum atomic E-state index is -6.05. The zero-order valence-electron chi connectivity index (χ0n) is 16.8. The lowest BCUT2D eigenvalue weighted by atomic mass is 10.0. The zero-order chi connectivity index (χ0) is 23.8. The molecule has 2 bridgehead atoms. The van der Waals surface area contributed by atoms with E-state index in [2.05, 4.69) is 24.8 Å². The molecule has 0 spiro atoms. The Morgan fingerprint density at radius 2 is 1.91 bits per heavy atom. The number of ether oxygens (including phenoxy) is 1. The molecule has 0 saturated carbocycles. The molecule has 0 aliphatic carbocycles. The average molecular weight is 504 g/mol. The normalized spacial score (nSPS) is 22.5. The molecule has 4 rings (SSSR count). The van der Waals surface area contributed by atoms with Gasteiger partial charge in [-0.15, -0.1) is 0 Å². The Balaban J connectivity index is 1.69. The van der Waals surface area contributed by atoms with Crippen molar-refractivity contribution >= 4 is 33.2 Å². The number of halogens is 4. The Bertz CT molecular complexity index is 1190. The minimum Gasteiger partial charge on any atom is -0.471 e. The summed E-state index contributed by atoms with van der Waals surface area (Å²) >= 11 is 6.12. The van der Waals surface area contributed by atoms with Crippen molar-refractivity contribution in [3.63, 3.8) is 0 Å². The van der Waals surface area contributed by atoms with Gasteiger partial charge in [-0.25, -0.2) is 4.98 Å². The number of alkyl halides is 3. The van der Waals surface area contributed by atoms with E-state index in [4.69, 9.17) is 21.6 Å². The van der Waals surface area contributed by atoms with Crippen LogP contribution in [0.4, 0.5) is 24.7 Å². The van der Waals surface area contributed by atoms with E-state index >= 15 is 0 Å². The number of nitriles is 1. The van der Waals surface area contributed by atoms with Crippen LogP contribution in [0.5, 0.6) is 11.6 Å². The molecule has 2 aliphatic rings. The third-order valence-electron chi connectivity index (χ3n) is 5.31. The van der Waals surface area contributed by atoms with Gasteiger partial charge in [-0.3, -0.25) is 0 Å². The highest BCUT2D eigenvalue weighted by Gasteiger charge is 2.49. The van der Waals surface area contributed by atoms with Gasteiger partial charge in [0.25, 0.3) is 5.88 Å². The molecule has 2 aromatic rings. The largest absolute Gasteiger partial charge is 0.534 e. The second-order valence-electron chi connectivity index (χ2n) is 7.62. The molecule has 2 N–H and O–H groups in total. The van der Waals surface area contributed by atoms with Gasteiger partial charge in [0.15, 0.2) is 5.82 Å². The highest BCUT2D eigenvalue weighted by atomic mass is 35.5. The Kier molecular flexibility index (Phi) is 6.26. The number of hydrogen-bond donors (Lipinski definition) is 2. The molecule has 3 atom stereocenters. The predicted molar refractivity (Wildman–Crippen MR) is 111 cm³/mol. The first-order chi connectivity index (χ1) is 15.6. The van der Waals surface area contributed by atoms with E-state index in [1.807, 2.05) is 6.07 Å². The fraction of sp³-hybridized carbons (Fsp3) is 0.421. The molecule has 2 saturated heterocycles. The summed E-state index contributed by atoms with van der Waals surface area (Å²) in [5.74, 6) is -1.70. The molecule has 2 fully saturated rings. The van der Waals surface area contributed by atoms with Crippen molar-refractivity contribution in [1.82, 2.24) is 15.3 Å². The van der Waals surface area contributed by atoms with E-state index in [1.165, 1.54) is 18.2 Å². The van der Waals surface area contributed by atoms with Crippen molar-refractivity contribution in [3.8, 4) is 17.7 Å². The minimum absolute atomic E-state index is 0.0506. The van der Waals surface area contributed by atoms with E-state index in [0.29, 0.717) is 12.8 Å². The van der Waals surface area contributed by atoms with E-state index in [1.54, 1.807) is 0 Å². The Morgan fingerprint density at radius 1 is 1.21 bits per heavy atom. The molecule has 1 unspecified atom stereocenters. The molecule has 0 amide bonds. The molecule has 3 heterocycles. The summed E-state index contributed by atoms with van der Waals surface area (Å²) in [6.45, 7) is 0. The highest BCUT2D eigenvalue weighted by Crippen LogP contribution is 2.40. The van der Waals surface area contributed by atoms with Crippen LogP contribution in [0.1, 0.15) is 31.2 Å². The molecule has 1 aromatic heterocycles. The third-order valence-corrected chi connectivity index (χ3v) is 6.57. The number of benzene rings is 1. The number of piperidine rings is 1. The lowest BCUT2D eigenvalue weighted by molar-refractivity contribution is -0.0500. The molecule has 176 valence electrons. The van der Waals surface area contributed by atoms with Gasteiger partial charge in [-0.1, -0.05) is 11.6 Å². The van der Waals surface area contributed by atoms with Crippen LogP contribution >= 0.6 is 11.6 Å². The maximum absolute atomic E-state index is 13.1. The quantitative estimate of drug-likeness (QED) is 0.448. The number of aromatic nitrogens is 2.